The molecule has 7 heteroatoms. The monoisotopic (exact) mass is 291 g/mol. The van der Waals surface area contributed by atoms with E-state index in [-0.39, 0.29) is 18.2 Å². The fourth-order valence-electron chi connectivity index (χ4n) is 2.01. The Kier molecular flexibility index (Phi) is 4.95. The molecule has 1 saturated carbocycles. The topological polar surface area (TPSA) is 101 Å². The highest BCUT2D eigenvalue weighted by molar-refractivity contribution is 7.92. The van der Waals surface area contributed by atoms with Gasteiger partial charge in [-0.05, 0) is 31.6 Å². The van der Waals surface area contributed by atoms with Gasteiger partial charge in [0.2, 0.25) is 5.91 Å². The van der Waals surface area contributed by atoms with Crippen LogP contribution in [0, 0.1) is 5.41 Å². The number of nitrogens with one attached hydrogen (secondary N) is 1. The summed E-state index contributed by atoms with van der Waals surface area (Å²) in [6.07, 6.45) is 1.80. The molecule has 0 bridgehead atoms. The molecular formula is C12H21NO5S. The Morgan fingerprint density at radius 1 is 1.37 bits per heavy atom. The maximum absolute atomic E-state index is 11.9. The van der Waals surface area contributed by atoms with Gasteiger partial charge in [0.1, 0.15) is 5.75 Å². The lowest BCUT2D eigenvalue weighted by Gasteiger charge is -2.14. The Hall–Kier alpha value is -1.11. The lowest BCUT2D eigenvalue weighted by molar-refractivity contribution is -0.138. The predicted octanol–water partition coefficient (Wildman–Crippen LogP) is 0.571. The first-order chi connectivity index (χ1) is 8.68. The van der Waals surface area contributed by atoms with Crippen LogP contribution in [-0.4, -0.2) is 42.9 Å². The lowest BCUT2D eigenvalue weighted by atomic mass is 10.1. The fourth-order valence-corrected chi connectivity index (χ4v) is 3.91. The third-order valence-electron chi connectivity index (χ3n) is 3.38. The molecule has 0 heterocycles. The van der Waals surface area contributed by atoms with E-state index in [1.807, 2.05) is 6.92 Å². The van der Waals surface area contributed by atoms with E-state index >= 15 is 0 Å². The molecule has 0 aromatic carbocycles. The van der Waals surface area contributed by atoms with E-state index in [4.69, 9.17) is 5.11 Å². The number of hydrogen-bond acceptors (Lipinski definition) is 4. The van der Waals surface area contributed by atoms with Crippen molar-refractivity contribution in [1.29, 1.82) is 0 Å². The first kappa shape index (κ1) is 15.9. The number of carboxylic acid groups (broad SMARTS) is 1. The molecule has 0 aromatic heterocycles. The summed E-state index contributed by atoms with van der Waals surface area (Å²) in [5, 5.41) is 11.3. The maximum atomic E-state index is 11.9. The highest BCUT2D eigenvalue weighted by Gasteiger charge is 2.47. The Morgan fingerprint density at radius 2 is 1.95 bits per heavy atom. The Labute approximate surface area is 113 Å². The van der Waals surface area contributed by atoms with Gasteiger partial charge in [-0.15, -0.1) is 0 Å². The second-order valence-electron chi connectivity index (χ2n) is 5.48. The van der Waals surface area contributed by atoms with Crippen molar-refractivity contribution >= 4 is 21.7 Å². The zero-order valence-corrected chi connectivity index (χ0v) is 12.1. The standard InChI is InChI=1S/C12H21NO5S/c1-3-9(2)13-10(14)7-19(17,18)8-12(4-5-12)6-11(15)16/h9H,3-8H2,1-2H3,(H,13,14)(H,15,16). The van der Waals surface area contributed by atoms with Gasteiger partial charge < -0.3 is 10.4 Å². The maximum Gasteiger partial charge on any atom is 0.303 e. The lowest BCUT2D eigenvalue weighted by Crippen LogP contribution is -2.38. The molecule has 0 aliphatic heterocycles. The summed E-state index contributed by atoms with van der Waals surface area (Å²) in [7, 11) is -3.55. The van der Waals surface area contributed by atoms with E-state index in [9.17, 15) is 18.0 Å². The van der Waals surface area contributed by atoms with Gasteiger partial charge in [-0.3, -0.25) is 9.59 Å². The first-order valence-corrected chi connectivity index (χ1v) is 8.22. The normalized spacial score (nSPS) is 18.6. The smallest absolute Gasteiger partial charge is 0.303 e. The molecule has 1 aliphatic rings. The summed E-state index contributed by atoms with van der Waals surface area (Å²) < 4.78 is 23.8. The molecule has 1 fully saturated rings. The Morgan fingerprint density at radius 3 is 2.37 bits per heavy atom. The summed E-state index contributed by atoms with van der Waals surface area (Å²) in [5.74, 6) is -2.27. The van der Waals surface area contributed by atoms with Crippen LogP contribution in [0.5, 0.6) is 0 Å². The van der Waals surface area contributed by atoms with Gasteiger partial charge in [0.25, 0.3) is 0 Å². The van der Waals surface area contributed by atoms with Crippen LogP contribution in [0.3, 0.4) is 0 Å². The van der Waals surface area contributed by atoms with Crippen molar-refractivity contribution in [3.8, 4) is 0 Å². The van der Waals surface area contributed by atoms with Crippen LogP contribution in [0.4, 0.5) is 0 Å². The second-order valence-corrected chi connectivity index (χ2v) is 7.54. The van der Waals surface area contributed by atoms with Crippen LogP contribution in [0.25, 0.3) is 0 Å². The van der Waals surface area contributed by atoms with Gasteiger partial charge in [-0.2, -0.15) is 0 Å². The van der Waals surface area contributed by atoms with Crippen LogP contribution < -0.4 is 5.32 Å². The predicted molar refractivity (Wildman–Crippen MR) is 70.5 cm³/mol. The first-order valence-electron chi connectivity index (χ1n) is 6.40. The molecule has 0 radical (unpaired) electrons. The third-order valence-corrected chi connectivity index (χ3v) is 5.13. The van der Waals surface area contributed by atoms with Crippen molar-refractivity contribution in [2.24, 2.45) is 5.41 Å². The summed E-state index contributed by atoms with van der Waals surface area (Å²) in [6.45, 7) is 3.70. The van der Waals surface area contributed by atoms with Gasteiger partial charge in [0.05, 0.1) is 12.2 Å². The largest absolute Gasteiger partial charge is 0.481 e. The third kappa shape index (κ3) is 5.59. The zero-order chi connectivity index (χ0) is 14.7. The van der Waals surface area contributed by atoms with Crippen molar-refractivity contribution in [2.45, 2.75) is 45.6 Å². The highest BCUT2D eigenvalue weighted by atomic mass is 32.2. The SMILES string of the molecule is CCC(C)NC(=O)CS(=O)(=O)CC1(CC(=O)O)CC1. The van der Waals surface area contributed by atoms with Crippen molar-refractivity contribution < 1.29 is 23.1 Å². The van der Waals surface area contributed by atoms with E-state index < -0.39 is 32.9 Å². The van der Waals surface area contributed by atoms with E-state index in [1.54, 1.807) is 6.92 Å². The molecule has 2 N–H and O–H groups in total. The molecule has 1 amide bonds. The molecule has 1 rings (SSSR count). The molecule has 1 aliphatic carbocycles. The minimum atomic E-state index is -3.55. The quantitative estimate of drug-likeness (QED) is 0.681. The van der Waals surface area contributed by atoms with Crippen molar-refractivity contribution in [3.05, 3.63) is 0 Å². The van der Waals surface area contributed by atoms with E-state index in [0.29, 0.717) is 12.8 Å². The van der Waals surface area contributed by atoms with Gasteiger partial charge in [0.15, 0.2) is 9.84 Å². The van der Waals surface area contributed by atoms with Crippen LogP contribution in [0.2, 0.25) is 0 Å². The number of amides is 1. The van der Waals surface area contributed by atoms with Crippen molar-refractivity contribution in [3.63, 3.8) is 0 Å². The van der Waals surface area contributed by atoms with E-state index in [0.717, 1.165) is 6.42 Å². The van der Waals surface area contributed by atoms with Crippen LogP contribution in [0.15, 0.2) is 0 Å². The number of aliphatic carboxylic acids is 1. The fraction of sp³-hybridized carbons (Fsp3) is 0.833. The number of hydrogen-bond donors (Lipinski definition) is 2. The van der Waals surface area contributed by atoms with Crippen molar-refractivity contribution in [2.75, 3.05) is 11.5 Å². The average Bonchev–Trinajstić information content (AvgIpc) is 2.93. The van der Waals surface area contributed by atoms with E-state index in [1.165, 1.54) is 0 Å². The number of carbonyl (C=O) groups excluding carboxylic acids is 1. The van der Waals surface area contributed by atoms with Gasteiger partial charge >= 0.3 is 5.97 Å². The summed E-state index contributed by atoms with van der Waals surface area (Å²) in [6, 6.07) is -0.0587. The Bertz CT molecular complexity index is 453. The number of rotatable bonds is 8. The molecule has 1 atom stereocenters. The zero-order valence-electron chi connectivity index (χ0n) is 11.3. The molecule has 1 unspecified atom stereocenters. The highest BCUT2D eigenvalue weighted by Crippen LogP contribution is 2.49. The molecule has 0 aromatic rings. The summed E-state index contributed by atoms with van der Waals surface area (Å²) in [5.41, 5.74) is -0.638. The number of carbonyl (C=O) groups is 2. The van der Waals surface area contributed by atoms with Crippen LogP contribution in [-0.2, 0) is 19.4 Å². The van der Waals surface area contributed by atoms with Gasteiger partial charge in [-0.25, -0.2) is 8.42 Å². The summed E-state index contributed by atoms with van der Waals surface area (Å²) >= 11 is 0. The van der Waals surface area contributed by atoms with Gasteiger partial charge in [-0.1, -0.05) is 6.92 Å². The van der Waals surface area contributed by atoms with Gasteiger partial charge in [0, 0.05) is 6.04 Å². The molecule has 6 nitrogen and oxygen atoms in total. The number of sulfone groups is 1. The molecule has 0 spiro atoms. The van der Waals surface area contributed by atoms with Crippen molar-refractivity contribution in [1.82, 2.24) is 5.32 Å². The molecule has 19 heavy (non-hydrogen) atoms. The Balaban J connectivity index is 2.53. The summed E-state index contributed by atoms with van der Waals surface area (Å²) in [4.78, 5) is 22.2. The minimum Gasteiger partial charge on any atom is -0.481 e. The van der Waals surface area contributed by atoms with Crippen LogP contribution in [0.1, 0.15) is 39.5 Å². The average molecular weight is 291 g/mol. The minimum absolute atomic E-state index is 0.0587. The molecule has 0 saturated heterocycles. The van der Waals surface area contributed by atoms with Crippen LogP contribution >= 0.6 is 0 Å². The second kappa shape index (κ2) is 5.90. The number of carboxylic acids is 1. The molecule has 110 valence electrons. The van der Waals surface area contributed by atoms with E-state index in [2.05, 4.69) is 5.32 Å². The molecular weight excluding hydrogens is 270 g/mol.